The predicted molar refractivity (Wildman–Crippen MR) is 418 cm³/mol. The van der Waals surface area contributed by atoms with Gasteiger partial charge in [-0.2, -0.15) is 0 Å². The Labute approximate surface area is 647 Å². The van der Waals surface area contributed by atoms with Crippen LogP contribution in [0.3, 0.4) is 0 Å². The molecule has 0 spiro atoms. The van der Waals surface area contributed by atoms with Gasteiger partial charge in [0.1, 0.15) is 46.5 Å². The molecule has 590 valence electrons. The fourth-order valence-electron chi connectivity index (χ4n) is 15.9. The number of piperazine rings is 1. The normalized spacial score (nSPS) is 21.6. The number of esters is 3. The minimum Gasteiger partial charge on any atom is -0.464 e. The number of Topliss-reactive ketones (excluding diaryl/α,β-unsaturated/α-hetero) is 3. The molecule has 7 aliphatic rings. The highest BCUT2D eigenvalue weighted by atomic mass is 16.6. The fourth-order valence-corrected chi connectivity index (χ4v) is 15.9. The number of para-hydroxylation sites is 2. The first-order valence-corrected chi connectivity index (χ1v) is 38.2. The summed E-state index contributed by atoms with van der Waals surface area (Å²) in [5.74, 6) is -0.652. The van der Waals surface area contributed by atoms with Crippen LogP contribution in [0.2, 0.25) is 0 Å². The van der Waals surface area contributed by atoms with Crippen LogP contribution in [0.4, 0.5) is 11.8 Å². The third kappa shape index (κ3) is 17.2. The Bertz CT molecular complexity index is 5030. The molecule has 1 amide bonds. The van der Waals surface area contributed by atoms with Crippen molar-refractivity contribution in [2.24, 2.45) is 36.1 Å². The molecule has 0 bridgehead atoms. The average molecular weight is 1530 g/mol. The van der Waals surface area contributed by atoms with E-state index in [1.54, 1.807) is 36.3 Å². The minimum absolute atomic E-state index is 0.00878. The van der Waals surface area contributed by atoms with Gasteiger partial charge in [0.05, 0.1) is 55.3 Å². The Hall–Kier alpha value is -11.0. The highest BCUT2D eigenvalue weighted by molar-refractivity contribution is 6.14. The Morgan fingerprint density at radius 3 is 1.96 bits per heavy atom. The molecule has 4 N–H and O–H groups in total. The van der Waals surface area contributed by atoms with Crippen molar-refractivity contribution >= 4 is 86.0 Å². The summed E-state index contributed by atoms with van der Waals surface area (Å²) in [5.41, 5.74) is 6.90. The maximum Gasteiger partial charge on any atom is 0.342 e. The molecule has 112 heavy (non-hydrogen) atoms. The van der Waals surface area contributed by atoms with E-state index < -0.39 is 53.2 Å². The number of ether oxygens (including phenoxy) is 6. The highest BCUT2D eigenvalue weighted by Gasteiger charge is 2.64. The number of carbonyl (C=O) groups excluding carboxylic acids is 7. The molecule has 27 heteroatoms. The quantitative estimate of drug-likeness (QED) is 0.0352. The Balaban J connectivity index is 0.000000133. The van der Waals surface area contributed by atoms with Crippen molar-refractivity contribution in [1.29, 1.82) is 5.41 Å². The fraction of sp³-hybridized carbons (Fsp3) is 0.435. The molecule has 16 rings (SSSR count). The van der Waals surface area contributed by atoms with Gasteiger partial charge in [-0.1, -0.05) is 120 Å². The van der Waals surface area contributed by atoms with Gasteiger partial charge in [0.25, 0.3) is 0 Å². The molecular formula is C85H97N9O18. The zero-order valence-electron chi connectivity index (χ0n) is 64.8. The van der Waals surface area contributed by atoms with E-state index in [0.29, 0.717) is 107 Å². The maximum atomic E-state index is 13.7. The van der Waals surface area contributed by atoms with Crippen molar-refractivity contribution < 1.29 is 75.2 Å². The first-order valence-electron chi connectivity index (χ1n) is 38.2. The number of furan rings is 1. The standard InChI is InChI=1S/C23H24O8.C19H18N2O2.C19H17NO3.C18H31NO5.C6H7N5/c1-10(24)30-13-7-22(2)12(5-6-14(22)25)16-18(13)23(3)15(9-28-4)31-21(27)11-8-29-20(17(11)23)19(16)26;22-17-13-18(21-11-9-20-10-12-21)23-19-15(7-4-8-16(17)19)14-5-2-1-3-6-14;21-17-13-18(20-9-11-22-12-10-20)23-19-15(7-4-8-16(17)19)14-5-2-1-3-6-14;1-6-23-18(22)16-15(24-16)14(20)10-13(9-12(4)5)17(21)19-8-7-11(2)3;1-11-3-10-5(7)4-6(11)9-2-8-4/h8,12-13,15H,5-7,9H2,1-4H3;1-8,13,20H,9-12H2;1-8,13H,9-12H2;11-13,15-16H,6-10H2,1-5H3,(H,19,21);2-3,7H,1H3,(H,8,9)/t12-,13+,15+,22-,23-;;;13?,15-,16+;/m0..1./s1. The number of morpholine rings is 1. The predicted octanol–water partition coefficient (Wildman–Crippen LogP) is 10.6. The molecule has 4 fully saturated rings. The molecule has 1 saturated carbocycles. The van der Waals surface area contributed by atoms with E-state index in [1.165, 1.54) is 20.3 Å². The van der Waals surface area contributed by atoms with Crippen LogP contribution in [0, 0.1) is 34.5 Å². The number of rotatable bonds is 18. The van der Waals surface area contributed by atoms with E-state index in [9.17, 15) is 43.2 Å². The Morgan fingerprint density at radius 1 is 0.768 bits per heavy atom. The summed E-state index contributed by atoms with van der Waals surface area (Å²) in [4.78, 5) is 127. The molecule has 1 unspecified atom stereocenters. The zero-order chi connectivity index (χ0) is 79.7. The van der Waals surface area contributed by atoms with Crippen LogP contribution in [-0.2, 0) is 64.9 Å². The van der Waals surface area contributed by atoms with Crippen LogP contribution < -0.4 is 36.8 Å². The highest BCUT2D eigenvalue weighted by Crippen LogP contribution is 2.61. The number of nitrogens with zero attached hydrogens (tertiary/aromatic N) is 5. The van der Waals surface area contributed by atoms with Crippen molar-refractivity contribution in [1.82, 2.24) is 30.2 Å². The number of anilines is 2. The number of ketones is 3. The smallest absolute Gasteiger partial charge is 0.342 e. The molecule has 5 aromatic heterocycles. The first kappa shape index (κ1) is 80.5. The van der Waals surface area contributed by atoms with Crippen LogP contribution >= 0.6 is 0 Å². The second kappa shape index (κ2) is 35.1. The van der Waals surface area contributed by atoms with Crippen molar-refractivity contribution in [3.63, 3.8) is 0 Å². The number of epoxide rings is 1. The third-order valence-corrected chi connectivity index (χ3v) is 21.6. The number of amides is 1. The molecule has 3 saturated heterocycles. The summed E-state index contributed by atoms with van der Waals surface area (Å²) in [6.45, 7) is 22.2. The van der Waals surface area contributed by atoms with Gasteiger partial charge in [0, 0.05) is 138 Å². The number of hydrogen-bond donors (Lipinski definition) is 4. The summed E-state index contributed by atoms with van der Waals surface area (Å²) in [5, 5.41) is 14.9. The van der Waals surface area contributed by atoms with E-state index in [0.717, 1.165) is 73.6 Å². The summed E-state index contributed by atoms with van der Waals surface area (Å²) < 4.78 is 51.8. The van der Waals surface area contributed by atoms with Crippen LogP contribution in [0.5, 0.6) is 0 Å². The van der Waals surface area contributed by atoms with Crippen molar-refractivity contribution in [2.75, 3.05) is 89.2 Å². The Kier molecular flexibility index (Phi) is 25.3. The number of allylic oxidation sites excluding steroid dienone is 1. The molecular weight excluding hydrogens is 1430 g/mol. The SMILES string of the molecule is CCOC(=O)[C@H]1O[C@@H]1C(=O)CC(CC(C)C)C(=O)NCCC(C)C.COC[C@H]1OC(=O)c2coc3c2[C@@]1(C)C1=C(C3=O)[C@@H]2CCC(=O)[C@@]2(C)C[C@H]1OC(C)=O.Cn1cnc(=N)c2[nH]cnc21.O=c1cc(N2CCNCC2)oc2c(-c3ccccc3)cccc12.O=c1cc(N2CCOCC2)oc2c(-c3ccccc3)cccc12. The van der Waals surface area contributed by atoms with Gasteiger partial charge in [-0.3, -0.25) is 39.0 Å². The van der Waals surface area contributed by atoms with E-state index in [1.807, 2.05) is 132 Å². The second-order valence-electron chi connectivity index (χ2n) is 30.1. The average Bonchev–Trinajstić information content (AvgIpc) is 1.38. The Morgan fingerprint density at radius 2 is 1.38 bits per heavy atom. The van der Waals surface area contributed by atoms with Gasteiger partial charge in [-0.15, -0.1) is 0 Å². The lowest BCUT2D eigenvalue weighted by atomic mass is 9.54. The van der Waals surface area contributed by atoms with E-state index >= 15 is 0 Å². The maximum absolute atomic E-state index is 13.7. The first-order chi connectivity index (χ1) is 53.8. The van der Waals surface area contributed by atoms with Gasteiger partial charge in [-0.05, 0) is 73.8 Å². The van der Waals surface area contributed by atoms with Crippen LogP contribution in [-0.4, -0.2) is 164 Å². The summed E-state index contributed by atoms with van der Waals surface area (Å²) in [6, 6.07) is 34.7. The number of aromatic nitrogens is 4. The van der Waals surface area contributed by atoms with Gasteiger partial charge < -0.3 is 71.7 Å². The number of hydrogen-bond acceptors (Lipinski definition) is 24. The molecule has 9 aromatic rings. The summed E-state index contributed by atoms with van der Waals surface area (Å²) in [7, 11) is 3.35. The van der Waals surface area contributed by atoms with Gasteiger partial charge >= 0.3 is 17.9 Å². The molecule has 4 aliphatic heterocycles. The molecule has 9 heterocycles. The van der Waals surface area contributed by atoms with Crippen LogP contribution in [0.1, 0.15) is 120 Å². The number of methoxy groups -OCH3 is 1. The van der Waals surface area contributed by atoms with Crippen molar-refractivity contribution in [3.8, 4) is 22.3 Å². The lowest BCUT2D eigenvalue weighted by Crippen LogP contribution is -2.57. The number of aryl methyl sites for hydroxylation is 1. The molecule has 8 atom stereocenters. The number of cyclic esters (lactones) is 1. The van der Waals surface area contributed by atoms with Gasteiger partial charge in [0.2, 0.25) is 11.7 Å². The van der Waals surface area contributed by atoms with E-state index in [-0.39, 0.29) is 88.8 Å². The van der Waals surface area contributed by atoms with Gasteiger partial charge in [-0.25, -0.2) is 19.6 Å². The third-order valence-electron chi connectivity index (χ3n) is 21.6. The van der Waals surface area contributed by atoms with Crippen molar-refractivity contribution in [2.45, 2.75) is 124 Å². The molecule has 0 radical (unpaired) electrons. The van der Waals surface area contributed by atoms with Gasteiger partial charge in [0.15, 0.2) is 57.5 Å². The molecule has 27 nitrogen and oxygen atoms in total. The van der Waals surface area contributed by atoms with Crippen molar-refractivity contribution in [3.05, 3.63) is 182 Å². The second-order valence-corrected chi connectivity index (χ2v) is 30.1. The number of fused-ring (bicyclic) bond motifs is 6. The number of imidazole rings is 1. The number of aromatic amines is 1. The topological polar surface area (TPSA) is 353 Å². The number of carbonyl (C=O) groups is 7. The van der Waals surface area contributed by atoms with Crippen LogP contribution in [0.25, 0.3) is 55.4 Å². The summed E-state index contributed by atoms with van der Waals surface area (Å²) >= 11 is 0. The zero-order valence-corrected chi connectivity index (χ0v) is 64.8. The number of H-pyrrole nitrogens is 1. The lowest BCUT2D eigenvalue weighted by molar-refractivity contribution is -0.149. The largest absolute Gasteiger partial charge is 0.464 e. The van der Waals surface area contributed by atoms with E-state index in [4.69, 9.17) is 47.1 Å². The summed E-state index contributed by atoms with van der Waals surface area (Å²) in [6.07, 6.45) is 4.15. The molecule has 3 aliphatic carbocycles. The molecule has 4 aromatic carbocycles. The monoisotopic (exact) mass is 1530 g/mol. The van der Waals surface area contributed by atoms with Crippen LogP contribution in [0.15, 0.2) is 162 Å². The van der Waals surface area contributed by atoms with E-state index in [2.05, 4.69) is 49.2 Å². The number of nitrogens with one attached hydrogen (secondary N) is 4. The number of benzene rings is 4. The lowest BCUT2D eigenvalue weighted by Gasteiger charge is -2.51. The minimum atomic E-state index is -0.988.